The minimum absolute atomic E-state index is 0.0883. The lowest BCUT2D eigenvalue weighted by molar-refractivity contribution is 0.143. The maximum atomic E-state index is 7.24. The summed E-state index contributed by atoms with van der Waals surface area (Å²) >= 11 is 5.40. The standard InChI is InChI=1S/C8H15ClNO/c1-7(8(2)10)3-5-11-6-4-9/h7,10H,1,3-6H2,2H3. The first-order valence-corrected chi connectivity index (χ1v) is 4.23. The molecule has 1 N–H and O–H groups in total. The van der Waals surface area contributed by atoms with Gasteiger partial charge in [-0.3, -0.25) is 0 Å². The number of alkyl halides is 1. The third-order valence-corrected chi connectivity index (χ3v) is 1.60. The SMILES string of the molecule is [CH2]C(CCOCCCl)C(C)=N. The fraction of sp³-hybridized carbons (Fsp3) is 0.750. The second kappa shape index (κ2) is 6.62. The number of rotatable bonds is 6. The Kier molecular flexibility index (Phi) is 6.57. The van der Waals surface area contributed by atoms with Crippen molar-refractivity contribution in [3.05, 3.63) is 6.92 Å². The summed E-state index contributed by atoms with van der Waals surface area (Å²) in [4.78, 5) is 0. The topological polar surface area (TPSA) is 33.1 Å². The summed E-state index contributed by atoms with van der Waals surface area (Å²) in [6.45, 7) is 6.80. The second-order valence-corrected chi connectivity index (χ2v) is 2.85. The number of halogens is 1. The lowest BCUT2D eigenvalue weighted by Crippen LogP contribution is -2.10. The largest absolute Gasteiger partial charge is 0.380 e. The van der Waals surface area contributed by atoms with E-state index in [0.717, 1.165) is 6.42 Å². The van der Waals surface area contributed by atoms with E-state index in [9.17, 15) is 0 Å². The van der Waals surface area contributed by atoms with Crippen LogP contribution in [0.3, 0.4) is 0 Å². The maximum absolute atomic E-state index is 7.24. The lowest BCUT2D eigenvalue weighted by Gasteiger charge is -2.08. The van der Waals surface area contributed by atoms with Crippen molar-refractivity contribution in [1.29, 1.82) is 5.41 Å². The maximum Gasteiger partial charge on any atom is 0.0601 e. The molecule has 0 bridgehead atoms. The Hall–Kier alpha value is -0.0800. The van der Waals surface area contributed by atoms with Crippen LogP contribution in [0.1, 0.15) is 13.3 Å². The van der Waals surface area contributed by atoms with E-state index in [2.05, 4.69) is 6.92 Å². The normalized spacial score (nSPS) is 13.0. The van der Waals surface area contributed by atoms with E-state index in [-0.39, 0.29) is 5.92 Å². The third kappa shape index (κ3) is 6.32. The van der Waals surface area contributed by atoms with Crippen LogP contribution in [-0.2, 0) is 4.74 Å². The van der Waals surface area contributed by atoms with E-state index in [0.29, 0.717) is 24.8 Å². The highest BCUT2D eigenvalue weighted by atomic mass is 35.5. The summed E-state index contributed by atoms with van der Waals surface area (Å²) in [6.07, 6.45) is 0.812. The van der Waals surface area contributed by atoms with E-state index in [1.54, 1.807) is 6.92 Å². The Morgan fingerprint density at radius 2 is 2.27 bits per heavy atom. The molecule has 1 radical (unpaired) electrons. The van der Waals surface area contributed by atoms with Crippen molar-refractivity contribution in [3.8, 4) is 0 Å². The molecule has 0 aromatic heterocycles. The number of ether oxygens (including phenoxy) is 1. The molecule has 0 rings (SSSR count). The third-order valence-electron chi connectivity index (χ3n) is 1.44. The molecule has 0 fully saturated rings. The molecule has 0 spiro atoms. The van der Waals surface area contributed by atoms with Gasteiger partial charge >= 0.3 is 0 Å². The van der Waals surface area contributed by atoms with Gasteiger partial charge in [-0.25, -0.2) is 0 Å². The summed E-state index contributed by atoms with van der Waals surface area (Å²) in [5, 5.41) is 7.24. The lowest BCUT2D eigenvalue weighted by atomic mass is 10.0. The van der Waals surface area contributed by atoms with Crippen molar-refractivity contribution in [2.24, 2.45) is 5.92 Å². The number of hydrogen-bond donors (Lipinski definition) is 1. The molecule has 65 valence electrons. The Morgan fingerprint density at radius 1 is 1.64 bits per heavy atom. The molecule has 0 amide bonds. The van der Waals surface area contributed by atoms with Gasteiger partial charge in [0.05, 0.1) is 6.61 Å². The van der Waals surface area contributed by atoms with Crippen molar-refractivity contribution in [2.45, 2.75) is 13.3 Å². The Morgan fingerprint density at radius 3 is 2.73 bits per heavy atom. The molecule has 1 atom stereocenters. The van der Waals surface area contributed by atoms with Gasteiger partial charge in [-0.05, 0) is 26.2 Å². The van der Waals surface area contributed by atoms with Gasteiger partial charge in [0.25, 0.3) is 0 Å². The molecule has 0 aliphatic carbocycles. The monoisotopic (exact) mass is 176 g/mol. The average Bonchev–Trinajstić information content (AvgIpc) is 1.97. The van der Waals surface area contributed by atoms with Gasteiger partial charge in [0.2, 0.25) is 0 Å². The molecule has 0 aliphatic rings. The first-order valence-electron chi connectivity index (χ1n) is 3.70. The Bertz CT molecular complexity index is 117. The van der Waals surface area contributed by atoms with Crippen LogP contribution >= 0.6 is 11.6 Å². The predicted octanol–water partition coefficient (Wildman–Crippen LogP) is 2.12. The molecular formula is C8H15ClNO. The van der Waals surface area contributed by atoms with Crippen molar-refractivity contribution >= 4 is 17.3 Å². The summed E-state index contributed by atoms with van der Waals surface area (Å²) in [7, 11) is 0. The van der Waals surface area contributed by atoms with Crippen LogP contribution in [0, 0.1) is 18.3 Å². The molecule has 0 aliphatic heterocycles. The van der Waals surface area contributed by atoms with Gasteiger partial charge in [-0.1, -0.05) is 0 Å². The van der Waals surface area contributed by atoms with E-state index < -0.39 is 0 Å². The first kappa shape index (κ1) is 10.9. The zero-order valence-electron chi connectivity index (χ0n) is 6.90. The fourth-order valence-corrected chi connectivity index (χ4v) is 0.708. The van der Waals surface area contributed by atoms with Crippen molar-refractivity contribution in [1.82, 2.24) is 0 Å². The minimum atomic E-state index is 0.0883. The van der Waals surface area contributed by atoms with E-state index >= 15 is 0 Å². The van der Waals surface area contributed by atoms with Gasteiger partial charge in [-0.15, -0.1) is 11.6 Å². The Balaban J connectivity index is 3.17. The predicted molar refractivity (Wildman–Crippen MR) is 48.4 cm³/mol. The molecule has 2 nitrogen and oxygen atoms in total. The van der Waals surface area contributed by atoms with E-state index in [1.807, 2.05) is 0 Å². The highest BCUT2D eigenvalue weighted by Gasteiger charge is 2.02. The highest BCUT2D eigenvalue weighted by molar-refractivity contribution is 6.17. The molecule has 0 aromatic rings. The Labute approximate surface area is 73.4 Å². The number of hydrogen-bond acceptors (Lipinski definition) is 2. The zero-order chi connectivity index (χ0) is 8.69. The van der Waals surface area contributed by atoms with Gasteiger partial charge in [0.15, 0.2) is 0 Å². The second-order valence-electron chi connectivity index (χ2n) is 2.47. The molecule has 0 saturated heterocycles. The van der Waals surface area contributed by atoms with Crippen molar-refractivity contribution in [2.75, 3.05) is 19.1 Å². The average molecular weight is 177 g/mol. The smallest absolute Gasteiger partial charge is 0.0601 e. The highest BCUT2D eigenvalue weighted by Crippen LogP contribution is 2.02. The van der Waals surface area contributed by atoms with Crippen LogP contribution in [-0.4, -0.2) is 24.8 Å². The molecule has 11 heavy (non-hydrogen) atoms. The van der Waals surface area contributed by atoms with Gasteiger partial charge in [-0.2, -0.15) is 0 Å². The first-order chi connectivity index (χ1) is 5.18. The summed E-state index contributed by atoms with van der Waals surface area (Å²) in [5.41, 5.74) is 0.611. The molecule has 3 heteroatoms. The summed E-state index contributed by atoms with van der Waals surface area (Å²) in [5.74, 6) is 0.621. The van der Waals surface area contributed by atoms with Crippen molar-refractivity contribution < 1.29 is 4.74 Å². The molecule has 0 saturated carbocycles. The summed E-state index contributed by atoms with van der Waals surface area (Å²) in [6, 6.07) is 0. The summed E-state index contributed by atoms with van der Waals surface area (Å²) < 4.78 is 5.14. The van der Waals surface area contributed by atoms with Crippen LogP contribution in [0.5, 0.6) is 0 Å². The molecule has 1 unspecified atom stereocenters. The van der Waals surface area contributed by atoms with E-state index in [1.165, 1.54) is 0 Å². The minimum Gasteiger partial charge on any atom is -0.380 e. The van der Waals surface area contributed by atoms with Crippen LogP contribution in [0.15, 0.2) is 0 Å². The van der Waals surface area contributed by atoms with Gasteiger partial charge in [0.1, 0.15) is 0 Å². The van der Waals surface area contributed by atoms with Crippen LogP contribution in [0.4, 0.5) is 0 Å². The van der Waals surface area contributed by atoms with Crippen molar-refractivity contribution in [3.63, 3.8) is 0 Å². The molecule has 0 aromatic carbocycles. The molecule has 0 heterocycles. The van der Waals surface area contributed by atoms with E-state index in [4.69, 9.17) is 21.7 Å². The van der Waals surface area contributed by atoms with Crippen LogP contribution in [0.2, 0.25) is 0 Å². The zero-order valence-corrected chi connectivity index (χ0v) is 7.66. The fourth-order valence-electron chi connectivity index (χ4n) is 0.599. The number of nitrogens with one attached hydrogen (secondary N) is 1. The van der Waals surface area contributed by atoms with Crippen LogP contribution < -0.4 is 0 Å². The molecular weight excluding hydrogens is 162 g/mol. The van der Waals surface area contributed by atoms with Gasteiger partial charge < -0.3 is 10.1 Å². The quantitative estimate of drug-likeness (QED) is 0.376. The van der Waals surface area contributed by atoms with Gasteiger partial charge in [0, 0.05) is 18.2 Å². The van der Waals surface area contributed by atoms with Crippen LogP contribution in [0.25, 0.3) is 0 Å².